The number of aromatic nitrogens is 2. The van der Waals surface area contributed by atoms with Gasteiger partial charge in [0.05, 0.1) is 29.6 Å². The number of hydrogen-bond acceptors (Lipinski definition) is 4. The molecule has 0 aliphatic carbocycles. The molecule has 132 valence electrons. The van der Waals surface area contributed by atoms with Crippen molar-refractivity contribution in [2.24, 2.45) is 0 Å². The van der Waals surface area contributed by atoms with Gasteiger partial charge in [-0.15, -0.1) is 0 Å². The SMILES string of the molecule is COc1cc(=O)n(-c2ccc(F)cc2)nc1C(=O)Nc1ccccc1Cl. The van der Waals surface area contributed by atoms with Crippen LogP contribution in [0.4, 0.5) is 10.1 Å². The van der Waals surface area contributed by atoms with Crippen molar-refractivity contribution in [1.29, 1.82) is 0 Å². The van der Waals surface area contributed by atoms with Crippen molar-refractivity contribution < 1.29 is 13.9 Å². The van der Waals surface area contributed by atoms with Gasteiger partial charge in [0, 0.05) is 0 Å². The van der Waals surface area contributed by atoms with Crippen molar-refractivity contribution in [2.75, 3.05) is 12.4 Å². The Balaban J connectivity index is 2.04. The third-order valence-corrected chi connectivity index (χ3v) is 3.85. The van der Waals surface area contributed by atoms with Crippen molar-refractivity contribution >= 4 is 23.2 Å². The van der Waals surface area contributed by atoms with E-state index in [1.165, 1.54) is 31.4 Å². The molecule has 0 aliphatic rings. The highest BCUT2D eigenvalue weighted by atomic mass is 35.5. The first-order valence-corrected chi connectivity index (χ1v) is 7.87. The van der Waals surface area contributed by atoms with Gasteiger partial charge in [-0.2, -0.15) is 9.78 Å². The fourth-order valence-corrected chi connectivity index (χ4v) is 2.45. The second kappa shape index (κ2) is 7.37. The van der Waals surface area contributed by atoms with E-state index in [1.807, 2.05) is 0 Å². The molecule has 0 aliphatic heterocycles. The van der Waals surface area contributed by atoms with Crippen LogP contribution in [0.25, 0.3) is 5.69 Å². The van der Waals surface area contributed by atoms with Crippen LogP contribution in [0.5, 0.6) is 5.75 Å². The maximum Gasteiger partial charge on any atom is 0.280 e. The van der Waals surface area contributed by atoms with Crippen molar-refractivity contribution in [2.45, 2.75) is 0 Å². The van der Waals surface area contributed by atoms with Crippen LogP contribution < -0.4 is 15.6 Å². The van der Waals surface area contributed by atoms with Crippen LogP contribution in [-0.2, 0) is 0 Å². The zero-order valence-corrected chi connectivity index (χ0v) is 14.3. The lowest BCUT2D eigenvalue weighted by atomic mass is 10.2. The Morgan fingerprint density at radius 3 is 2.54 bits per heavy atom. The van der Waals surface area contributed by atoms with Gasteiger partial charge in [0.15, 0.2) is 11.4 Å². The van der Waals surface area contributed by atoms with Gasteiger partial charge in [0.1, 0.15) is 5.82 Å². The molecule has 0 saturated heterocycles. The van der Waals surface area contributed by atoms with E-state index in [9.17, 15) is 14.0 Å². The highest BCUT2D eigenvalue weighted by molar-refractivity contribution is 6.33. The maximum atomic E-state index is 13.1. The third-order valence-electron chi connectivity index (χ3n) is 3.52. The number of amides is 1. The summed E-state index contributed by atoms with van der Waals surface area (Å²) in [4.78, 5) is 24.9. The van der Waals surface area contributed by atoms with Gasteiger partial charge in [-0.05, 0) is 36.4 Å². The molecule has 3 rings (SSSR count). The van der Waals surface area contributed by atoms with E-state index < -0.39 is 17.3 Å². The van der Waals surface area contributed by atoms with Crippen molar-refractivity contribution in [1.82, 2.24) is 9.78 Å². The molecule has 1 N–H and O–H groups in total. The van der Waals surface area contributed by atoms with Crippen LogP contribution in [0.15, 0.2) is 59.4 Å². The van der Waals surface area contributed by atoms with E-state index in [2.05, 4.69) is 10.4 Å². The number of rotatable bonds is 4. The van der Waals surface area contributed by atoms with Gasteiger partial charge < -0.3 is 10.1 Å². The highest BCUT2D eigenvalue weighted by Gasteiger charge is 2.19. The zero-order valence-electron chi connectivity index (χ0n) is 13.6. The fraction of sp³-hybridized carbons (Fsp3) is 0.0556. The number of nitrogens with zero attached hydrogens (tertiary/aromatic N) is 2. The number of halogens is 2. The lowest BCUT2D eigenvalue weighted by Crippen LogP contribution is -2.26. The molecular weight excluding hydrogens is 361 g/mol. The smallest absolute Gasteiger partial charge is 0.280 e. The van der Waals surface area contributed by atoms with Crippen molar-refractivity contribution in [3.8, 4) is 11.4 Å². The van der Waals surface area contributed by atoms with Gasteiger partial charge in [-0.1, -0.05) is 23.7 Å². The van der Waals surface area contributed by atoms with E-state index >= 15 is 0 Å². The molecular formula is C18H13ClFN3O3. The van der Waals surface area contributed by atoms with Crippen LogP contribution in [-0.4, -0.2) is 22.8 Å². The van der Waals surface area contributed by atoms with Crippen LogP contribution in [0.1, 0.15) is 10.5 Å². The molecule has 0 unspecified atom stereocenters. The van der Waals surface area contributed by atoms with Crippen LogP contribution >= 0.6 is 11.6 Å². The molecule has 1 heterocycles. The number of benzene rings is 2. The maximum absolute atomic E-state index is 13.1. The lowest BCUT2D eigenvalue weighted by Gasteiger charge is -2.12. The number of ether oxygens (including phenoxy) is 1. The summed E-state index contributed by atoms with van der Waals surface area (Å²) in [5, 5.41) is 7.04. The second-order valence-electron chi connectivity index (χ2n) is 5.22. The van der Waals surface area contributed by atoms with Gasteiger partial charge in [-0.3, -0.25) is 9.59 Å². The Morgan fingerprint density at radius 2 is 1.88 bits per heavy atom. The van der Waals surface area contributed by atoms with Gasteiger partial charge >= 0.3 is 0 Å². The van der Waals surface area contributed by atoms with Crippen LogP contribution in [0.2, 0.25) is 5.02 Å². The first-order valence-electron chi connectivity index (χ1n) is 7.50. The quantitative estimate of drug-likeness (QED) is 0.761. The number of carbonyl (C=O) groups is 1. The molecule has 0 atom stereocenters. The molecule has 0 spiro atoms. The van der Waals surface area contributed by atoms with E-state index in [1.54, 1.807) is 24.3 Å². The Bertz CT molecular complexity index is 1020. The van der Waals surface area contributed by atoms with E-state index in [4.69, 9.17) is 16.3 Å². The van der Waals surface area contributed by atoms with E-state index in [0.717, 1.165) is 10.7 Å². The molecule has 6 nitrogen and oxygen atoms in total. The molecule has 0 saturated carbocycles. The number of para-hydroxylation sites is 1. The molecule has 3 aromatic rings. The predicted octanol–water partition coefficient (Wildman–Crippen LogP) is 3.29. The molecule has 26 heavy (non-hydrogen) atoms. The first-order chi connectivity index (χ1) is 12.5. The Hall–Kier alpha value is -3.19. The number of methoxy groups -OCH3 is 1. The lowest BCUT2D eigenvalue weighted by molar-refractivity contribution is 0.101. The minimum Gasteiger partial charge on any atom is -0.494 e. The average Bonchev–Trinajstić information content (AvgIpc) is 2.64. The Labute approximate surface area is 152 Å². The normalized spacial score (nSPS) is 10.4. The number of hydrogen-bond donors (Lipinski definition) is 1. The van der Waals surface area contributed by atoms with E-state index in [0.29, 0.717) is 16.4 Å². The molecule has 8 heteroatoms. The number of anilines is 1. The number of nitrogens with one attached hydrogen (secondary N) is 1. The molecule has 1 amide bonds. The summed E-state index contributed by atoms with van der Waals surface area (Å²) >= 11 is 6.04. The summed E-state index contributed by atoms with van der Waals surface area (Å²) in [6.45, 7) is 0. The van der Waals surface area contributed by atoms with E-state index in [-0.39, 0.29) is 11.4 Å². The summed E-state index contributed by atoms with van der Waals surface area (Å²) in [6.07, 6.45) is 0. The Morgan fingerprint density at radius 1 is 1.19 bits per heavy atom. The first kappa shape index (κ1) is 17.6. The molecule has 0 bridgehead atoms. The molecule has 0 fully saturated rings. The predicted molar refractivity (Wildman–Crippen MR) is 95.7 cm³/mol. The fourth-order valence-electron chi connectivity index (χ4n) is 2.26. The summed E-state index contributed by atoms with van der Waals surface area (Å²) in [7, 11) is 1.32. The minimum atomic E-state index is -0.606. The zero-order chi connectivity index (χ0) is 18.7. The summed E-state index contributed by atoms with van der Waals surface area (Å²) in [5.41, 5.74) is 0.0625. The van der Waals surface area contributed by atoms with Crippen molar-refractivity contribution in [3.05, 3.63) is 81.5 Å². The Kier molecular flexibility index (Phi) is 4.99. The summed E-state index contributed by atoms with van der Waals surface area (Å²) in [6, 6.07) is 13.0. The summed E-state index contributed by atoms with van der Waals surface area (Å²) < 4.78 is 19.2. The highest BCUT2D eigenvalue weighted by Crippen LogP contribution is 2.22. The summed E-state index contributed by atoms with van der Waals surface area (Å²) in [5.74, 6) is -1.05. The molecule has 2 aromatic carbocycles. The molecule has 1 aromatic heterocycles. The largest absolute Gasteiger partial charge is 0.494 e. The van der Waals surface area contributed by atoms with Gasteiger partial charge in [0.2, 0.25) is 0 Å². The third kappa shape index (κ3) is 3.57. The van der Waals surface area contributed by atoms with Gasteiger partial charge in [0.25, 0.3) is 11.5 Å². The number of carbonyl (C=O) groups excluding carboxylic acids is 1. The minimum absolute atomic E-state index is 0.0120. The van der Waals surface area contributed by atoms with Crippen LogP contribution in [0.3, 0.4) is 0 Å². The average molecular weight is 374 g/mol. The van der Waals surface area contributed by atoms with Crippen molar-refractivity contribution in [3.63, 3.8) is 0 Å². The molecule has 0 radical (unpaired) electrons. The topological polar surface area (TPSA) is 73.2 Å². The standard InChI is InChI=1S/C18H13ClFN3O3/c1-26-15-10-16(24)23(12-8-6-11(20)7-9-12)22-17(15)18(25)21-14-5-3-2-4-13(14)19/h2-10H,1H3,(H,21,25). The second-order valence-corrected chi connectivity index (χ2v) is 5.63. The van der Waals surface area contributed by atoms with Crippen LogP contribution in [0, 0.1) is 5.82 Å². The monoisotopic (exact) mass is 373 g/mol. The van der Waals surface area contributed by atoms with Gasteiger partial charge in [-0.25, -0.2) is 4.39 Å².